The first-order valence-corrected chi connectivity index (χ1v) is 10.2. The van der Waals surface area contributed by atoms with Gasteiger partial charge in [0.05, 0.1) is 24.1 Å². The molecule has 0 aliphatic carbocycles. The second kappa shape index (κ2) is 8.12. The number of aromatic nitrogens is 1. The molecule has 0 spiro atoms. The Balaban J connectivity index is 1.50. The van der Waals surface area contributed by atoms with Gasteiger partial charge in [-0.1, -0.05) is 24.3 Å². The highest BCUT2D eigenvalue weighted by atomic mass is 16.5. The van der Waals surface area contributed by atoms with Crippen molar-refractivity contribution in [2.75, 3.05) is 7.11 Å². The number of rotatable bonds is 5. The Morgan fingerprint density at radius 1 is 1.00 bits per heavy atom. The molecule has 1 aromatic heterocycles. The van der Waals surface area contributed by atoms with Gasteiger partial charge in [0.15, 0.2) is 5.88 Å². The van der Waals surface area contributed by atoms with Crippen LogP contribution in [0.4, 0.5) is 5.69 Å². The molecule has 1 aliphatic heterocycles. The van der Waals surface area contributed by atoms with Gasteiger partial charge in [0.2, 0.25) is 0 Å². The number of ether oxygens (including phenoxy) is 1. The number of aromatic hydroxyl groups is 1. The van der Waals surface area contributed by atoms with E-state index in [9.17, 15) is 9.90 Å². The fraction of sp³-hybridized carbons (Fsp3) is 0.0385. The molecule has 3 N–H and O–H groups in total. The van der Waals surface area contributed by atoms with Crippen molar-refractivity contribution in [3.05, 3.63) is 93.9 Å². The zero-order chi connectivity index (χ0) is 22.9. The smallest absolute Gasteiger partial charge is 0.335 e. The molecule has 5 rings (SSSR count). The first-order valence-electron chi connectivity index (χ1n) is 10.2. The Labute approximate surface area is 188 Å². The van der Waals surface area contributed by atoms with Gasteiger partial charge in [0.1, 0.15) is 5.75 Å². The third-order valence-corrected chi connectivity index (χ3v) is 5.49. The average Bonchev–Trinajstić information content (AvgIpc) is 3.37. The van der Waals surface area contributed by atoms with E-state index < -0.39 is 5.97 Å². The molecule has 4 aromatic rings. The summed E-state index contributed by atoms with van der Waals surface area (Å²) in [6, 6.07) is 18.0. The summed E-state index contributed by atoms with van der Waals surface area (Å²) >= 11 is 0. The van der Waals surface area contributed by atoms with E-state index in [1.165, 1.54) is 0 Å². The molecule has 162 valence electrons. The van der Waals surface area contributed by atoms with Gasteiger partial charge in [-0.25, -0.2) is 4.79 Å². The number of aromatic amines is 1. The molecule has 3 aromatic carbocycles. The third kappa shape index (κ3) is 3.87. The monoisotopic (exact) mass is 437 g/mol. The highest BCUT2D eigenvalue weighted by Gasteiger charge is 2.11. The second-order valence-corrected chi connectivity index (χ2v) is 7.57. The van der Waals surface area contributed by atoms with Crippen LogP contribution in [0.2, 0.25) is 0 Å². The van der Waals surface area contributed by atoms with E-state index in [-0.39, 0.29) is 11.4 Å². The van der Waals surface area contributed by atoms with Crippen molar-refractivity contribution < 1.29 is 19.7 Å². The number of carboxylic acid groups (broad SMARTS) is 1. The number of azo groups is 1. The molecule has 0 fully saturated rings. The molecule has 0 saturated carbocycles. The van der Waals surface area contributed by atoms with E-state index in [2.05, 4.69) is 15.2 Å². The maximum atomic E-state index is 11.0. The van der Waals surface area contributed by atoms with Crippen LogP contribution in [0.5, 0.6) is 11.6 Å². The largest absolute Gasteiger partial charge is 0.497 e. The van der Waals surface area contributed by atoms with Gasteiger partial charge >= 0.3 is 5.97 Å². The maximum absolute atomic E-state index is 11.0. The molecule has 0 amide bonds. The Kier molecular flexibility index (Phi) is 4.99. The summed E-state index contributed by atoms with van der Waals surface area (Å²) in [4.78, 5) is 14.0. The van der Waals surface area contributed by atoms with Crippen LogP contribution in [0.25, 0.3) is 28.8 Å². The Morgan fingerprint density at radius 2 is 1.82 bits per heavy atom. The highest BCUT2D eigenvalue weighted by Crippen LogP contribution is 2.30. The van der Waals surface area contributed by atoms with Gasteiger partial charge in [0, 0.05) is 21.7 Å². The van der Waals surface area contributed by atoms with Gasteiger partial charge in [-0.15, -0.1) is 10.2 Å². The van der Waals surface area contributed by atoms with Gasteiger partial charge in [-0.2, -0.15) is 0 Å². The van der Waals surface area contributed by atoms with Crippen LogP contribution < -0.4 is 15.2 Å². The number of hydrogen-bond donors (Lipinski definition) is 3. The highest BCUT2D eigenvalue weighted by molar-refractivity contribution is 5.93. The van der Waals surface area contributed by atoms with Crippen molar-refractivity contribution in [1.82, 2.24) is 4.98 Å². The number of H-pyrrole nitrogens is 1. The lowest BCUT2D eigenvalue weighted by atomic mass is 10.1. The average molecular weight is 437 g/mol. The molecule has 0 saturated heterocycles. The summed E-state index contributed by atoms with van der Waals surface area (Å²) in [6.07, 6.45) is 5.61. The molecule has 7 heteroatoms. The van der Waals surface area contributed by atoms with Crippen LogP contribution in [-0.2, 0) is 0 Å². The molecule has 0 bridgehead atoms. The minimum absolute atomic E-state index is 0.0875. The summed E-state index contributed by atoms with van der Waals surface area (Å²) < 4.78 is 5.31. The molecule has 1 aliphatic rings. The minimum Gasteiger partial charge on any atom is -0.497 e. The molecule has 7 nitrogen and oxygen atoms in total. The van der Waals surface area contributed by atoms with Crippen LogP contribution in [0, 0.1) is 0 Å². The number of carboxylic acids is 1. The third-order valence-electron chi connectivity index (χ3n) is 5.49. The molecule has 33 heavy (non-hydrogen) atoms. The second-order valence-electron chi connectivity index (χ2n) is 7.57. The molecule has 0 atom stereocenters. The number of fused-ring (bicyclic) bond motifs is 2. The zero-order valence-electron chi connectivity index (χ0n) is 17.6. The standard InChI is InChI=1S/C26H19N3O4/c1-33-18-8-11-22-20(14-18)21(25(30)27-22)12-16-4-9-19-23(28-29-24(19)13-16)10-5-15-2-6-17(7-3-15)26(31)32/h2-14,27,30H,1H3,(H,31,32)/b10-5+,16-12+. The summed E-state index contributed by atoms with van der Waals surface area (Å²) in [5.41, 5.74) is 4.06. The fourth-order valence-corrected chi connectivity index (χ4v) is 3.75. The van der Waals surface area contributed by atoms with E-state index >= 15 is 0 Å². The SMILES string of the molecule is COc1ccc2[nH]c(O)c(/C=c3\ccc4c(c3)N=NC=4/C=C/c3ccc(C(=O)O)cc3)c2c1. The first kappa shape index (κ1) is 20.3. The van der Waals surface area contributed by atoms with Crippen LogP contribution in [0.15, 0.2) is 77.0 Å². The molecule has 0 radical (unpaired) electrons. The molecule has 0 unspecified atom stereocenters. The van der Waals surface area contributed by atoms with E-state index in [0.717, 1.165) is 38.3 Å². The number of nitrogens with zero attached hydrogens (tertiary/aromatic N) is 2. The first-order chi connectivity index (χ1) is 16.0. The Bertz CT molecular complexity index is 1580. The van der Waals surface area contributed by atoms with Gasteiger partial charge in [-0.3, -0.25) is 0 Å². The van der Waals surface area contributed by atoms with Gasteiger partial charge in [0.25, 0.3) is 0 Å². The summed E-state index contributed by atoms with van der Waals surface area (Å²) in [5.74, 6) is -0.155. The fourth-order valence-electron chi connectivity index (χ4n) is 3.75. The summed E-state index contributed by atoms with van der Waals surface area (Å²) in [7, 11) is 1.61. The van der Waals surface area contributed by atoms with Gasteiger partial charge in [-0.05, 0) is 65.4 Å². The lowest BCUT2D eigenvalue weighted by Crippen LogP contribution is -2.08. The lowest BCUT2D eigenvalue weighted by Gasteiger charge is -1.99. The van der Waals surface area contributed by atoms with Crippen LogP contribution in [0.1, 0.15) is 21.5 Å². The maximum Gasteiger partial charge on any atom is 0.335 e. The van der Waals surface area contributed by atoms with Crippen molar-refractivity contribution in [2.45, 2.75) is 0 Å². The predicted molar refractivity (Wildman–Crippen MR) is 126 cm³/mol. The molecule has 2 heterocycles. The van der Waals surface area contributed by atoms with Crippen molar-refractivity contribution in [3.63, 3.8) is 0 Å². The molecular weight excluding hydrogens is 418 g/mol. The van der Waals surface area contributed by atoms with Gasteiger partial charge < -0.3 is 19.9 Å². The number of benzene rings is 3. The zero-order valence-corrected chi connectivity index (χ0v) is 17.6. The number of hydrogen-bond acceptors (Lipinski definition) is 5. The van der Waals surface area contributed by atoms with Crippen molar-refractivity contribution in [3.8, 4) is 11.6 Å². The Hall–Kier alpha value is -4.65. The Morgan fingerprint density at radius 3 is 2.58 bits per heavy atom. The lowest BCUT2D eigenvalue weighted by molar-refractivity contribution is 0.0697. The summed E-state index contributed by atoms with van der Waals surface area (Å²) in [5, 5.41) is 30.6. The topological polar surface area (TPSA) is 107 Å². The van der Waals surface area contributed by atoms with Crippen molar-refractivity contribution >= 4 is 40.4 Å². The number of nitrogens with one attached hydrogen (secondary N) is 1. The van der Waals surface area contributed by atoms with E-state index in [1.807, 2.05) is 54.6 Å². The normalized spacial score (nSPS) is 13.2. The van der Waals surface area contributed by atoms with Crippen molar-refractivity contribution in [2.24, 2.45) is 10.2 Å². The predicted octanol–water partition coefficient (Wildman–Crippen LogP) is 4.33. The van der Waals surface area contributed by atoms with E-state index in [4.69, 9.17) is 9.84 Å². The number of aromatic carboxylic acids is 1. The van der Waals surface area contributed by atoms with Crippen LogP contribution >= 0.6 is 0 Å². The van der Waals surface area contributed by atoms with E-state index in [0.29, 0.717) is 11.3 Å². The quantitative estimate of drug-likeness (QED) is 0.432. The van der Waals surface area contributed by atoms with Crippen LogP contribution in [0.3, 0.4) is 0 Å². The van der Waals surface area contributed by atoms with Crippen LogP contribution in [-0.4, -0.2) is 28.3 Å². The number of carbonyl (C=O) groups is 1. The minimum atomic E-state index is -0.953. The molecular formula is C26H19N3O4. The number of methoxy groups -OCH3 is 1. The summed E-state index contributed by atoms with van der Waals surface area (Å²) in [6.45, 7) is 0. The van der Waals surface area contributed by atoms with Crippen molar-refractivity contribution in [1.29, 1.82) is 0 Å². The van der Waals surface area contributed by atoms with E-state index in [1.54, 1.807) is 31.4 Å².